The Hall–Kier alpha value is -1.08. The van der Waals surface area contributed by atoms with E-state index in [0.717, 1.165) is 16.7 Å². The van der Waals surface area contributed by atoms with Gasteiger partial charge in [0.05, 0.1) is 11.2 Å². The first kappa shape index (κ1) is 23.1. The summed E-state index contributed by atoms with van der Waals surface area (Å²) in [5.74, 6) is 0. The van der Waals surface area contributed by atoms with Crippen molar-refractivity contribution in [3.63, 3.8) is 0 Å². The Kier molecular flexibility index (Phi) is 9.91. The van der Waals surface area contributed by atoms with Gasteiger partial charge in [0.25, 0.3) is 0 Å². The number of benzene rings is 1. The molecule has 0 aliphatic carbocycles. The van der Waals surface area contributed by atoms with Gasteiger partial charge in [0.2, 0.25) is 0 Å². The molecule has 0 bridgehead atoms. The molecule has 0 amide bonds. The number of hydrogen-bond acceptors (Lipinski definition) is 5. The van der Waals surface area contributed by atoms with E-state index >= 15 is 0 Å². The van der Waals surface area contributed by atoms with Crippen LogP contribution in [-0.2, 0) is 0 Å². The van der Waals surface area contributed by atoms with Crippen LogP contribution >= 0.6 is 0 Å². The van der Waals surface area contributed by atoms with E-state index in [9.17, 15) is 0 Å². The van der Waals surface area contributed by atoms with Gasteiger partial charge in [-0.3, -0.25) is 0 Å². The zero-order valence-corrected chi connectivity index (χ0v) is 12.2. The van der Waals surface area contributed by atoms with Crippen LogP contribution in [-0.4, -0.2) is 40.2 Å². The van der Waals surface area contributed by atoms with Gasteiger partial charge in [-0.05, 0) is 27.7 Å². The topological polar surface area (TPSA) is 126 Å². The molecule has 6 heteroatoms. The third-order valence-electron chi connectivity index (χ3n) is 2.80. The first-order valence-electron chi connectivity index (χ1n) is 5.51. The Balaban J connectivity index is -0.000000246. The Morgan fingerprint density at radius 1 is 1.00 bits per heavy atom. The molecule has 0 spiro atoms. The smallest absolute Gasteiger partial charge is 0.870 e. The van der Waals surface area contributed by atoms with Gasteiger partial charge in [0.15, 0.2) is 0 Å². The van der Waals surface area contributed by atoms with Crippen LogP contribution in [0.4, 0.5) is 5.69 Å². The van der Waals surface area contributed by atoms with Gasteiger partial charge in [0, 0.05) is 0 Å². The Morgan fingerprint density at radius 2 is 1.37 bits per heavy atom. The van der Waals surface area contributed by atoms with Crippen molar-refractivity contribution in [1.29, 1.82) is 0 Å². The zero-order chi connectivity index (χ0) is 13.9. The number of anilines is 1. The van der Waals surface area contributed by atoms with E-state index in [4.69, 9.17) is 23.8 Å². The summed E-state index contributed by atoms with van der Waals surface area (Å²) < 4.78 is 0. The van der Waals surface area contributed by atoms with Crippen molar-refractivity contribution < 1.29 is 21.2 Å². The van der Waals surface area contributed by atoms with Gasteiger partial charge in [-0.15, -0.1) is 0 Å². The molecule has 0 radical (unpaired) electrons. The average Bonchev–Trinajstić information content (AvgIpc) is 2.09. The molecule has 0 fully saturated rings. The summed E-state index contributed by atoms with van der Waals surface area (Å²) in [6.45, 7) is 8.26. The molecule has 0 aliphatic heterocycles. The molecular weight excluding hydrogens is 245 g/mol. The van der Waals surface area contributed by atoms with Crippen molar-refractivity contribution in [3.8, 4) is 0 Å². The molecule has 5 nitrogen and oxygen atoms in total. The SMILES string of the molecule is CC(C)(O)C(C)(C)O.[B+2]c1cc(N)ccc1C.[OH-].[OH-]. The maximum atomic E-state index is 9.10. The number of aliphatic hydroxyl groups is 2. The van der Waals surface area contributed by atoms with Crippen molar-refractivity contribution in [2.75, 3.05) is 5.73 Å². The molecule has 0 aliphatic rings. The summed E-state index contributed by atoms with van der Waals surface area (Å²) >= 11 is 0. The summed E-state index contributed by atoms with van der Waals surface area (Å²) in [6.07, 6.45) is 0. The van der Waals surface area contributed by atoms with E-state index in [1.54, 1.807) is 33.8 Å². The summed E-state index contributed by atoms with van der Waals surface area (Å²) in [7, 11) is 5.54. The first-order valence-corrected chi connectivity index (χ1v) is 5.51. The molecule has 0 unspecified atom stereocenters. The molecule has 0 saturated heterocycles. The molecule has 108 valence electrons. The van der Waals surface area contributed by atoms with E-state index in [1.165, 1.54) is 0 Å². The molecule has 1 aromatic carbocycles. The summed E-state index contributed by atoms with van der Waals surface area (Å²) in [6, 6.07) is 5.51. The predicted molar refractivity (Wildman–Crippen MR) is 77.4 cm³/mol. The van der Waals surface area contributed by atoms with Crippen LogP contribution in [0.1, 0.15) is 33.3 Å². The molecule has 0 aromatic heterocycles. The number of nitrogens with two attached hydrogens (primary N) is 1. The van der Waals surface area contributed by atoms with Crippen molar-refractivity contribution >= 4 is 19.0 Å². The van der Waals surface area contributed by atoms with Gasteiger partial charge < -0.3 is 21.2 Å². The fourth-order valence-electron chi connectivity index (χ4n) is 0.659. The van der Waals surface area contributed by atoms with Gasteiger partial charge in [-0.25, -0.2) is 0 Å². The maximum Gasteiger partial charge on any atom is -0.870 e. The molecule has 1 rings (SSSR count). The zero-order valence-electron chi connectivity index (χ0n) is 12.2. The number of nitrogen functional groups attached to an aromatic ring is 1. The van der Waals surface area contributed by atoms with Crippen LogP contribution in [0.15, 0.2) is 18.2 Å². The molecule has 0 heterocycles. The summed E-state index contributed by atoms with van der Waals surface area (Å²) in [5, 5.41) is 18.2. The average molecular weight is 269 g/mol. The second-order valence-corrected chi connectivity index (χ2v) is 5.23. The van der Waals surface area contributed by atoms with E-state index in [-0.39, 0.29) is 11.0 Å². The molecule has 0 atom stereocenters. The van der Waals surface area contributed by atoms with Crippen LogP contribution in [0, 0.1) is 6.92 Å². The van der Waals surface area contributed by atoms with Gasteiger partial charge >= 0.3 is 55.4 Å². The minimum absolute atomic E-state index is 0. The van der Waals surface area contributed by atoms with E-state index in [1.807, 2.05) is 19.1 Å². The molecule has 6 N–H and O–H groups in total. The molecule has 1 aromatic rings. The van der Waals surface area contributed by atoms with Crippen LogP contribution in [0.2, 0.25) is 0 Å². The standard InChI is InChI=1S/C7H8BN.C6H14O2.2H2O/c1-5-2-3-6(9)4-7(5)8;1-5(2,7)6(3,4)8;;/h2-4H,9H2,1H3;7-8H,1-4H3;2*1H2/q+2;;;/p-2. The van der Waals surface area contributed by atoms with Crippen molar-refractivity contribution in [3.05, 3.63) is 23.8 Å². The summed E-state index contributed by atoms with van der Waals surface area (Å²) in [5.41, 5.74) is 5.99. The van der Waals surface area contributed by atoms with E-state index in [0.29, 0.717) is 0 Å². The van der Waals surface area contributed by atoms with Gasteiger partial charge in [-0.1, -0.05) is 0 Å². The quantitative estimate of drug-likeness (QED) is 0.506. The second kappa shape index (κ2) is 8.17. The van der Waals surface area contributed by atoms with Crippen LogP contribution in [0.25, 0.3) is 0 Å². The van der Waals surface area contributed by atoms with E-state index < -0.39 is 11.2 Å². The van der Waals surface area contributed by atoms with Gasteiger partial charge in [-0.2, -0.15) is 0 Å². The van der Waals surface area contributed by atoms with Crippen molar-refractivity contribution in [1.82, 2.24) is 0 Å². The Morgan fingerprint density at radius 3 is 1.58 bits per heavy atom. The van der Waals surface area contributed by atoms with Crippen molar-refractivity contribution in [2.45, 2.75) is 45.8 Å². The largest absolute Gasteiger partial charge is 0.870 e. The predicted octanol–water partition coefficient (Wildman–Crippen LogP) is 0.546. The fraction of sp³-hybridized carbons (Fsp3) is 0.538. The van der Waals surface area contributed by atoms with Crippen LogP contribution < -0.4 is 11.2 Å². The van der Waals surface area contributed by atoms with Crippen LogP contribution in [0.3, 0.4) is 0 Å². The third kappa shape index (κ3) is 8.61. The maximum absolute atomic E-state index is 9.10. The summed E-state index contributed by atoms with van der Waals surface area (Å²) in [4.78, 5) is 0. The minimum Gasteiger partial charge on any atom is -0.870 e. The molecule has 19 heavy (non-hydrogen) atoms. The fourth-order valence-corrected chi connectivity index (χ4v) is 0.659. The Bertz CT molecular complexity index is 358. The normalized spacial score (nSPS) is 10.6. The third-order valence-corrected chi connectivity index (χ3v) is 2.80. The first-order chi connectivity index (χ1) is 7.45. The minimum atomic E-state index is -1.01. The second-order valence-electron chi connectivity index (χ2n) is 5.23. The number of rotatable bonds is 1. The van der Waals surface area contributed by atoms with E-state index in [2.05, 4.69) is 0 Å². The van der Waals surface area contributed by atoms with Gasteiger partial charge in [0.1, 0.15) is 0 Å². The van der Waals surface area contributed by atoms with Crippen molar-refractivity contribution in [2.24, 2.45) is 0 Å². The number of aryl methyl sites for hydroxylation is 1. The molecule has 0 saturated carbocycles. The Labute approximate surface area is 116 Å². The van der Waals surface area contributed by atoms with Crippen LogP contribution in [0.5, 0.6) is 0 Å². The molecular formula is C13H24BNO4. The monoisotopic (exact) mass is 269 g/mol. The number of hydrogen-bond donors (Lipinski definition) is 3.